The van der Waals surface area contributed by atoms with Crippen molar-refractivity contribution in [2.24, 2.45) is 5.92 Å². The molecule has 1 aromatic carbocycles. The molecule has 28 heavy (non-hydrogen) atoms. The van der Waals surface area contributed by atoms with Gasteiger partial charge in [0.2, 0.25) is 5.91 Å². The van der Waals surface area contributed by atoms with Crippen molar-refractivity contribution in [3.8, 4) is 0 Å². The smallest absolute Gasteiger partial charge is 0.366 e. The van der Waals surface area contributed by atoms with Crippen LogP contribution in [0.5, 0.6) is 0 Å². The van der Waals surface area contributed by atoms with E-state index in [1.165, 1.54) is 18.9 Å². The lowest BCUT2D eigenvalue weighted by Crippen LogP contribution is -2.45. The molecule has 1 aliphatic carbocycles. The van der Waals surface area contributed by atoms with E-state index < -0.39 is 22.4 Å². The summed E-state index contributed by atoms with van der Waals surface area (Å²) in [5.41, 5.74) is -1.38. The molecule has 1 aliphatic heterocycles. The lowest BCUT2D eigenvalue weighted by molar-refractivity contribution is -0.384. The van der Waals surface area contributed by atoms with Crippen LogP contribution in [0.4, 0.5) is 24.5 Å². The number of carbonyl (C=O) groups is 1. The van der Waals surface area contributed by atoms with Gasteiger partial charge in [0.05, 0.1) is 10.5 Å². The van der Waals surface area contributed by atoms with Gasteiger partial charge in [-0.1, -0.05) is 12.8 Å². The average molecular weight is 399 g/mol. The molecule has 1 saturated carbocycles. The zero-order valence-electron chi connectivity index (χ0n) is 15.5. The van der Waals surface area contributed by atoms with Gasteiger partial charge in [-0.2, -0.15) is 13.2 Å². The van der Waals surface area contributed by atoms with Crippen LogP contribution in [0.1, 0.15) is 50.5 Å². The summed E-state index contributed by atoms with van der Waals surface area (Å²) in [5.74, 6) is 0.515. The maximum absolute atomic E-state index is 12.8. The minimum atomic E-state index is -4.63. The number of hydrogen-bond acceptors (Lipinski definition) is 4. The Bertz CT molecular complexity index is 725. The van der Waals surface area contributed by atoms with Crippen LogP contribution in [0.15, 0.2) is 18.2 Å². The summed E-state index contributed by atoms with van der Waals surface area (Å²) >= 11 is 0. The number of carbonyl (C=O) groups excluding carboxylic acids is 1. The standard InChI is InChI=1S/C19H24F3N3O3/c20-19(21,22)14-5-6-16(17(12-14)25(27)28)24-9-7-15(8-10-24)23-18(26)11-13-3-1-2-4-13/h5-6,12-13,15H,1-4,7-11H2,(H,23,26). The quantitative estimate of drug-likeness (QED) is 0.592. The first-order valence-corrected chi connectivity index (χ1v) is 9.64. The van der Waals surface area contributed by atoms with Gasteiger partial charge in [-0.15, -0.1) is 0 Å². The Kier molecular flexibility index (Phi) is 6.10. The van der Waals surface area contributed by atoms with Crippen molar-refractivity contribution >= 4 is 17.3 Å². The number of nitrogens with one attached hydrogen (secondary N) is 1. The largest absolute Gasteiger partial charge is 0.416 e. The molecule has 1 N–H and O–H groups in total. The van der Waals surface area contributed by atoms with Gasteiger partial charge in [0.15, 0.2) is 0 Å². The summed E-state index contributed by atoms with van der Waals surface area (Å²) in [7, 11) is 0. The number of alkyl halides is 3. The molecule has 1 heterocycles. The molecular formula is C19H24F3N3O3. The fourth-order valence-electron chi connectivity index (χ4n) is 4.14. The van der Waals surface area contributed by atoms with E-state index in [2.05, 4.69) is 5.32 Å². The van der Waals surface area contributed by atoms with Gasteiger partial charge < -0.3 is 10.2 Å². The van der Waals surface area contributed by atoms with Gasteiger partial charge in [0.25, 0.3) is 5.69 Å². The molecular weight excluding hydrogens is 375 g/mol. The molecule has 1 saturated heterocycles. The van der Waals surface area contributed by atoms with Crippen molar-refractivity contribution < 1.29 is 22.9 Å². The number of halogens is 3. The average Bonchev–Trinajstić information content (AvgIpc) is 3.14. The lowest BCUT2D eigenvalue weighted by Gasteiger charge is -2.34. The zero-order chi connectivity index (χ0) is 20.3. The molecule has 3 rings (SSSR count). The first kappa shape index (κ1) is 20.4. The normalized spacial score (nSPS) is 19.0. The first-order valence-electron chi connectivity index (χ1n) is 9.64. The zero-order valence-corrected chi connectivity index (χ0v) is 15.5. The highest BCUT2D eigenvalue weighted by Gasteiger charge is 2.34. The molecule has 1 amide bonds. The summed E-state index contributed by atoms with van der Waals surface area (Å²) in [4.78, 5) is 24.4. The Labute approximate surface area is 161 Å². The van der Waals surface area contributed by atoms with Crippen LogP contribution in [-0.4, -0.2) is 30.0 Å². The summed E-state index contributed by atoms with van der Waals surface area (Å²) in [6, 6.07) is 2.63. The third-order valence-corrected chi connectivity index (χ3v) is 5.65. The fourth-order valence-corrected chi connectivity index (χ4v) is 4.14. The topological polar surface area (TPSA) is 75.5 Å². The van der Waals surface area contributed by atoms with Gasteiger partial charge in [-0.25, -0.2) is 0 Å². The number of piperidine rings is 1. The predicted octanol–water partition coefficient (Wildman–Crippen LogP) is 4.28. The van der Waals surface area contributed by atoms with Crippen molar-refractivity contribution in [3.05, 3.63) is 33.9 Å². The van der Waals surface area contributed by atoms with E-state index in [0.29, 0.717) is 44.3 Å². The van der Waals surface area contributed by atoms with E-state index in [0.717, 1.165) is 18.9 Å². The van der Waals surface area contributed by atoms with E-state index in [4.69, 9.17) is 0 Å². The molecule has 2 aliphatic rings. The number of benzene rings is 1. The molecule has 0 unspecified atom stereocenters. The summed E-state index contributed by atoms with van der Waals surface area (Å²) in [6.45, 7) is 0.890. The Morgan fingerprint density at radius 1 is 1.18 bits per heavy atom. The number of anilines is 1. The molecule has 2 fully saturated rings. The first-order chi connectivity index (χ1) is 13.2. The van der Waals surface area contributed by atoms with E-state index in [1.54, 1.807) is 4.90 Å². The third-order valence-electron chi connectivity index (χ3n) is 5.65. The van der Waals surface area contributed by atoms with Crippen LogP contribution < -0.4 is 10.2 Å². The van der Waals surface area contributed by atoms with Gasteiger partial charge >= 0.3 is 6.18 Å². The van der Waals surface area contributed by atoms with Crippen LogP contribution in [0, 0.1) is 16.0 Å². The monoisotopic (exact) mass is 399 g/mol. The number of nitrogens with zero attached hydrogens (tertiary/aromatic N) is 2. The number of amides is 1. The van der Waals surface area contributed by atoms with Crippen molar-refractivity contribution in [2.75, 3.05) is 18.0 Å². The summed E-state index contributed by atoms with van der Waals surface area (Å²) in [5, 5.41) is 14.3. The number of hydrogen-bond donors (Lipinski definition) is 1. The number of rotatable bonds is 5. The molecule has 154 valence electrons. The number of nitro groups is 1. The highest BCUT2D eigenvalue weighted by Crippen LogP contribution is 2.37. The van der Waals surface area contributed by atoms with E-state index in [9.17, 15) is 28.1 Å². The predicted molar refractivity (Wildman–Crippen MR) is 98.1 cm³/mol. The number of nitro benzene ring substituents is 1. The molecule has 0 radical (unpaired) electrons. The van der Waals surface area contributed by atoms with Crippen LogP contribution in [0.2, 0.25) is 0 Å². The molecule has 6 nitrogen and oxygen atoms in total. The van der Waals surface area contributed by atoms with Gasteiger partial charge in [-0.3, -0.25) is 14.9 Å². The van der Waals surface area contributed by atoms with E-state index in [-0.39, 0.29) is 17.6 Å². The maximum Gasteiger partial charge on any atom is 0.416 e. The van der Waals surface area contributed by atoms with Gasteiger partial charge in [-0.05, 0) is 43.7 Å². The highest BCUT2D eigenvalue weighted by molar-refractivity contribution is 5.76. The van der Waals surface area contributed by atoms with Gasteiger partial charge in [0, 0.05) is 31.6 Å². The molecule has 0 atom stereocenters. The third kappa shape index (κ3) is 4.94. The second-order valence-corrected chi connectivity index (χ2v) is 7.64. The molecule has 0 bridgehead atoms. The lowest BCUT2D eigenvalue weighted by atomic mass is 10.0. The summed E-state index contributed by atoms with van der Waals surface area (Å²) in [6.07, 6.45) is 1.70. The Morgan fingerprint density at radius 2 is 1.82 bits per heavy atom. The Morgan fingerprint density at radius 3 is 2.39 bits per heavy atom. The Balaban J connectivity index is 1.59. The van der Waals surface area contributed by atoms with Crippen LogP contribution in [0.25, 0.3) is 0 Å². The minimum Gasteiger partial charge on any atom is -0.366 e. The van der Waals surface area contributed by atoms with E-state index >= 15 is 0 Å². The van der Waals surface area contributed by atoms with Crippen molar-refractivity contribution in [2.45, 2.75) is 57.2 Å². The second-order valence-electron chi connectivity index (χ2n) is 7.64. The molecule has 9 heteroatoms. The maximum atomic E-state index is 12.8. The van der Waals surface area contributed by atoms with Crippen LogP contribution in [-0.2, 0) is 11.0 Å². The summed E-state index contributed by atoms with van der Waals surface area (Å²) < 4.78 is 38.5. The van der Waals surface area contributed by atoms with Crippen LogP contribution >= 0.6 is 0 Å². The molecule has 1 aromatic rings. The molecule has 0 aromatic heterocycles. The second kappa shape index (κ2) is 8.36. The van der Waals surface area contributed by atoms with Crippen molar-refractivity contribution in [1.82, 2.24) is 5.32 Å². The van der Waals surface area contributed by atoms with Crippen LogP contribution in [0.3, 0.4) is 0 Å². The van der Waals surface area contributed by atoms with E-state index in [1.807, 2.05) is 0 Å². The fraction of sp³-hybridized carbons (Fsp3) is 0.632. The van der Waals surface area contributed by atoms with Crippen molar-refractivity contribution in [3.63, 3.8) is 0 Å². The molecule has 0 spiro atoms. The van der Waals surface area contributed by atoms with Gasteiger partial charge in [0.1, 0.15) is 5.69 Å². The Hall–Kier alpha value is -2.32. The highest BCUT2D eigenvalue weighted by atomic mass is 19.4. The van der Waals surface area contributed by atoms with Crippen molar-refractivity contribution in [1.29, 1.82) is 0 Å². The minimum absolute atomic E-state index is 0.00124. The SMILES string of the molecule is O=C(CC1CCCC1)NC1CCN(c2ccc(C(F)(F)F)cc2[N+](=O)[O-])CC1.